The first-order chi connectivity index (χ1) is 8.20. The van der Waals surface area contributed by atoms with Gasteiger partial charge in [0, 0.05) is 5.38 Å². The Bertz CT molecular complexity index is 451. The number of hydrogen-bond donors (Lipinski definition) is 3. The Morgan fingerprint density at radius 1 is 1.56 bits per heavy atom. The number of rotatable bonds is 4. The molecule has 1 amide bonds. The summed E-state index contributed by atoms with van der Waals surface area (Å²) < 4.78 is 0. The van der Waals surface area contributed by atoms with Gasteiger partial charge in [0.1, 0.15) is 6.04 Å². The second-order valence-corrected chi connectivity index (χ2v) is 5.95. The van der Waals surface area contributed by atoms with Crippen LogP contribution in [0.25, 0.3) is 0 Å². The van der Waals surface area contributed by atoms with Crippen LogP contribution in [0.5, 0.6) is 0 Å². The van der Waals surface area contributed by atoms with Crippen LogP contribution < -0.4 is 11.1 Å². The lowest BCUT2D eigenvalue weighted by atomic mass is 9.86. The van der Waals surface area contributed by atoms with Crippen LogP contribution in [-0.2, 0) is 16.0 Å². The summed E-state index contributed by atoms with van der Waals surface area (Å²) in [7, 11) is 0. The van der Waals surface area contributed by atoms with E-state index in [4.69, 9.17) is 10.8 Å². The van der Waals surface area contributed by atoms with Crippen molar-refractivity contribution in [3.63, 3.8) is 0 Å². The Balaban J connectivity index is 2.65. The molecule has 0 bridgehead atoms. The van der Waals surface area contributed by atoms with Crippen molar-refractivity contribution in [3.8, 4) is 0 Å². The Labute approximate surface area is 109 Å². The van der Waals surface area contributed by atoms with E-state index < -0.39 is 17.4 Å². The molecule has 1 unspecified atom stereocenters. The van der Waals surface area contributed by atoms with Gasteiger partial charge >= 0.3 is 5.97 Å². The molecule has 1 atom stereocenters. The van der Waals surface area contributed by atoms with Gasteiger partial charge in [-0.05, 0) is 5.41 Å². The van der Waals surface area contributed by atoms with Gasteiger partial charge in [0.05, 0.1) is 12.1 Å². The number of amides is 1. The standard InChI is InChI=1S/C11H17N3O3S/c1-11(2,3)8(9(16)17)14-7(15)4-6-5-18-10(12)13-6/h5,8H,4H2,1-3H3,(H2,12,13)(H,14,15)(H,16,17). The van der Waals surface area contributed by atoms with Gasteiger partial charge < -0.3 is 16.2 Å². The third-order valence-corrected chi connectivity index (χ3v) is 3.05. The molecule has 1 aromatic heterocycles. The van der Waals surface area contributed by atoms with Crippen molar-refractivity contribution in [2.24, 2.45) is 5.41 Å². The summed E-state index contributed by atoms with van der Waals surface area (Å²) in [6.07, 6.45) is 0.0353. The lowest BCUT2D eigenvalue weighted by molar-refractivity contribution is -0.144. The number of nitrogens with zero attached hydrogens (tertiary/aromatic N) is 1. The molecule has 0 aromatic carbocycles. The van der Waals surface area contributed by atoms with Crippen molar-refractivity contribution >= 4 is 28.3 Å². The van der Waals surface area contributed by atoms with Crippen LogP contribution in [0, 0.1) is 5.41 Å². The smallest absolute Gasteiger partial charge is 0.326 e. The number of carbonyl (C=O) groups excluding carboxylic acids is 1. The lowest BCUT2D eigenvalue weighted by Crippen LogP contribution is -2.49. The van der Waals surface area contributed by atoms with E-state index in [2.05, 4.69) is 10.3 Å². The zero-order chi connectivity index (χ0) is 13.9. The Kier molecular flexibility index (Phi) is 4.28. The van der Waals surface area contributed by atoms with E-state index in [-0.39, 0.29) is 12.3 Å². The van der Waals surface area contributed by atoms with E-state index >= 15 is 0 Å². The first kappa shape index (κ1) is 14.4. The Morgan fingerprint density at radius 3 is 2.56 bits per heavy atom. The summed E-state index contributed by atoms with van der Waals surface area (Å²) in [6.45, 7) is 5.27. The number of carbonyl (C=O) groups is 2. The number of hydrogen-bond acceptors (Lipinski definition) is 5. The quantitative estimate of drug-likeness (QED) is 0.754. The molecule has 0 aliphatic rings. The molecule has 0 spiro atoms. The van der Waals surface area contributed by atoms with Crippen LogP contribution in [0.15, 0.2) is 5.38 Å². The van der Waals surface area contributed by atoms with Gasteiger partial charge in [0.15, 0.2) is 5.13 Å². The first-order valence-electron chi connectivity index (χ1n) is 5.42. The highest BCUT2D eigenvalue weighted by atomic mass is 32.1. The maximum atomic E-state index is 11.7. The van der Waals surface area contributed by atoms with Crippen molar-refractivity contribution in [1.82, 2.24) is 10.3 Å². The van der Waals surface area contributed by atoms with Crippen LogP contribution in [0.3, 0.4) is 0 Å². The summed E-state index contributed by atoms with van der Waals surface area (Å²) in [5, 5.41) is 13.7. The molecule has 0 saturated heterocycles. The molecular formula is C11H17N3O3S. The van der Waals surface area contributed by atoms with E-state index in [0.29, 0.717) is 10.8 Å². The Hall–Kier alpha value is -1.63. The highest BCUT2D eigenvalue weighted by Gasteiger charge is 2.32. The molecule has 7 heteroatoms. The molecule has 0 aliphatic heterocycles. The molecule has 0 saturated carbocycles. The van der Waals surface area contributed by atoms with E-state index in [9.17, 15) is 9.59 Å². The SMILES string of the molecule is CC(C)(C)C(NC(=O)Cc1csc(N)n1)C(=O)O. The van der Waals surface area contributed by atoms with Crippen molar-refractivity contribution in [1.29, 1.82) is 0 Å². The van der Waals surface area contributed by atoms with Crippen LogP contribution in [0.1, 0.15) is 26.5 Å². The van der Waals surface area contributed by atoms with Crippen molar-refractivity contribution < 1.29 is 14.7 Å². The molecule has 18 heavy (non-hydrogen) atoms. The van der Waals surface area contributed by atoms with Crippen molar-refractivity contribution in [2.75, 3.05) is 5.73 Å². The molecule has 4 N–H and O–H groups in total. The van der Waals surface area contributed by atoms with Crippen LogP contribution in [-0.4, -0.2) is 28.0 Å². The topological polar surface area (TPSA) is 105 Å². The van der Waals surface area contributed by atoms with Gasteiger partial charge in [0.25, 0.3) is 0 Å². The zero-order valence-corrected chi connectivity index (χ0v) is 11.4. The number of aromatic nitrogens is 1. The highest BCUT2D eigenvalue weighted by molar-refractivity contribution is 7.13. The van der Waals surface area contributed by atoms with Crippen LogP contribution in [0.4, 0.5) is 5.13 Å². The molecule has 0 aliphatic carbocycles. The third kappa shape index (κ3) is 3.99. The summed E-state index contributed by atoms with van der Waals surface area (Å²) in [5.41, 5.74) is 5.45. The molecule has 0 radical (unpaired) electrons. The number of anilines is 1. The molecule has 1 heterocycles. The maximum absolute atomic E-state index is 11.7. The number of aliphatic carboxylic acids is 1. The fourth-order valence-electron chi connectivity index (χ4n) is 1.43. The monoisotopic (exact) mass is 271 g/mol. The largest absolute Gasteiger partial charge is 0.480 e. The number of nitrogens with two attached hydrogens (primary N) is 1. The number of thiazole rings is 1. The molecule has 6 nitrogen and oxygen atoms in total. The minimum Gasteiger partial charge on any atom is -0.480 e. The second-order valence-electron chi connectivity index (χ2n) is 5.06. The number of nitrogen functional groups attached to an aromatic ring is 1. The van der Waals surface area contributed by atoms with Crippen LogP contribution in [0.2, 0.25) is 0 Å². The zero-order valence-electron chi connectivity index (χ0n) is 10.6. The van der Waals surface area contributed by atoms with Gasteiger partial charge in [-0.25, -0.2) is 9.78 Å². The Morgan fingerprint density at radius 2 is 2.17 bits per heavy atom. The van der Waals surface area contributed by atoms with Crippen molar-refractivity contribution in [3.05, 3.63) is 11.1 Å². The summed E-state index contributed by atoms with van der Waals surface area (Å²) in [4.78, 5) is 26.8. The summed E-state index contributed by atoms with van der Waals surface area (Å²) in [6, 6.07) is -0.930. The third-order valence-electron chi connectivity index (χ3n) is 2.33. The molecule has 1 aromatic rings. The predicted molar refractivity (Wildman–Crippen MR) is 69.3 cm³/mol. The normalized spacial score (nSPS) is 13.1. The van der Waals surface area contributed by atoms with Crippen molar-refractivity contribution in [2.45, 2.75) is 33.2 Å². The van der Waals surface area contributed by atoms with Gasteiger partial charge in [-0.15, -0.1) is 11.3 Å². The summed E-state index contributed by atoms with van der Waals surface area (Å²) in [5.74, 6) is -1.42. The number of nitrogens with one attached hydrogen (secondary N) is 1. The fraction of sp³-hybridized carbons (Fsp3) is 0.545. The average molecular weight is 271 g/mol. The number of carboxylic acid groups (broad SMARTS) is 1. The molecule has 0 fully saturated rings. The van der Waals surface area contributed by atoms with Gasteiger partial charge in [0.2, 0.25) is 5.91 Å². The minimum atomic E-state index is -1.05. The number of carboxylic acids is 1. The molecular weight excluding hydrogens is 254 g/mol. The van der Waals surface area contributed by atoms with Gasteiger partial charge in [-0.2, -0.15) is 0 Å². The first-order valence-corrected chi connectivity index (χ1v) is 6.30. The van der Waals surface area contributed by atoms with Gasteiger partial charge in [-0.1, -0.05) is 20.8 Å². The average Bonchev–Trinajstić information content (AvgIpc) is 2.58. The molecule has 1 rings (SSSR count). The highest BCUT2D eigenvalue weighted by Crippen LogP contribution is 2.19. The maximum Gasteiger partial charge on any atom is 0.326 e. The van der Waals surface area contributed by atoms with Crippen LogP contribution >= 0.6 is 11.3 Å². The van der Waals surface area contributed by atoms with E-state index in [1.807, 2.05) is 0 Å². The lowest BCUT2D eigenvalue weighted by Gasteiger charge is -2.27. The van der Waals surface area contributed by atoms with E-state index in [1.54, 1.807) is 26.2 Å². The van der Waals surface area contributed by atoms with Gasteiger partial charge in [-0.3, -0.25) is 4.79 Å². The minimum absolute atomic E-state index is 0.0353. The van der Waals surface area contributed by atoms with E-state index in [1.165, 1.54) is 11.3 Å². The molecule has 100 valence electrons. The summed E-state index contributed by atoms with van der Waals surface area (Å²) >= 11 is 1.25. The fourth-order valence-corrected chi connectivity index (χ4v) is 1.99. The van der Waals surface area contributed by atoms with E-state index in [0.717, 1.165) is 0 Å². The predicted octanol–water partition coefficient (Wildman–Crippen LogP) is 0.883. The second kappa shape index (κ2) is 5.34.